The van der Waals surface area contributed by atoms with Crippen LogP contribution >= 0.6 is 0 Å². The second kappa shape index (κ2) is 16.0. The molecule has 8 heteroatoms. The standard InChI is InChI=1S/C36H39NO7/c1-26(38)37-33-35(42-24-29-16-10-5-11-17-29)34(41-23-28-14-8-4-9-15-28)32(25-40-22-27-12-6-3-7-13-27)44-36(33)43-31-20-18-30(39-2)19-21-31/h3-21,32-36H,22-25H2,1-2H3,(H,37,38)/t32-,33-,34-,35-,36?/m1/s1. The Labute approximate surface area is 258 Å². The van der Waals surface area contributed by atoms with Crippen molar-refractivity contribution in [3.8, 4) is 11.5 Å². The first-order chi connectivity index (χ1) is 21.6. The van der Waals surface area contributed by atoms with E-state index in [0.29, 0.717) is 31.3 Å². The maximum Gasteiger partial charge on any atom is 0.223 e. The SMILES string of the molecule is COc1ccc(OC2O[C@H](COCc3ccccc3)[C@@H](OCc3ccccc3)[C@H](OCc3ccccc3)[C@H]2NC(C)=O)cc1. The monoisotopic (exact) mass is 597 g/mol. The average molecular weight is 598 g/mol. The molecule has 1 N–H and O–H groups in total. The normalized spacial score (nSPS) is 21.4. The zero-order valence-corrected chi connectivity index (χ0v) is 25.0. The molecular formula is C36H39NO7. The van der Waals surface area contributed by atoms with Crippen LogP contribution < -0.4 is 14.8 Å². The predicted molar refractivity (Wildman–Crippen MR) is 166 cm³/mol. The van der Waals surface area contributed by atoms with Crippen LogP contribution in [0.3, 0.4) is 0 Å². The molecule has 0 bridgehead atoms. The van der Waals surface area contributed by atoms with Gasteiger partial charge in [-0.3, -0.25) is 4.79 Å². The molecule has 230 valence electrons. The van der Waals surface area contributed by atoms with Crippen molar-refractivity contribution in [3.05, 3.63) is 132 Å². The zero-order chi connectivity index (χ0) is 30.6. The Kier molecular flexibility index (Phi) is 11.4. The molecule has 5 atom stereocenters. The number of nitrogens with one attached hydrogen (secondary N) is 1. The van der Waals surface area contributed by atoms with Gasteiger partial charge in [0.15, 0.2) is 0 Å². The highest BCUT2D eigenvalue weighted by atomic mass is 16.7. The van der Waals surface area contributed by atoms with Crippen molar-refractivity contribution in [1.29, 1.82) is 0 Å². The van der Waals surface area contributed by atoms with E-state index in [4.69, 9.17) is 28.4 Å². The van der Waals surface area contributed by atoms with Crippen LogP contribution in [0, 0.1) is 0 Å². The fourth-order valence-corrected chi connectivity index (χ4v) is 5.11. The molecule has 1 fully saturated rings. The first kappa shape index (κ1) is 31.2. The maximum atomic E-state index is 12.5. The molecule has 0 spiro atoms. The molecule has 0 aromatic heterocycles. The van der Waals surface area contributed by atoms with Gasteiger partial charge >= 0.3 is 0 Å². The third kappa shape index (κ3) is 8.90. The molecule has 0 aliphatic carbocycles. The van der Waals surface area contributed by atoms with Crippen molar-refractivity contribution in [2.75, 3.05) is 13.7 Å². The van der Waals surface area contributed by atoms with E-state index in [1.165, 1.54) is 6.92 Å². The van der Waals surface area contributed by atoms with Crippen molar-refractivity contribution in [2.24, 2.45) is 0 Å². The van der Waals surface area contributed by atoms with E-state index >= 15 is 0 Å². The number of carbonyl (C=O) groups is 1. The molecule has 1 aliphatic rings. The van der Waals surface area contributed by atoms with E-state index in [-0.39, 0.29) is 12.5 Å². The summed E-state index contributed by atoms with van der Waals surface area (Å²) < 4.78 is 37.6. The van der Waals surface area contributed by atoms with Crippen LogP contribution in [0.1, 0.15) is 23.6 Å². The minimum Gasteiger partial charge on any atom is -0.497 e. The first-order valence-electron chi connectivity index (χ1n) is 14.7. The van der Waals surface area contributed by atoms with Crippen LogP contribution in [-0.4, -0.2) is 50.3 Å². The van der Waals surface area contributed by atoms with E-state index in [9.17, 15) is 4.79 Å². The lowest BCUT2D eigenvalue weighted by Crippen LogP contribution is -2.66. The summed E-state index contributed by atoms with van der Waals surface area (Å²) in [5, 5.41) is 3.03. The van der Waals surface area contributed by atoms with Crippen molar-refractivity contribution in [2.45, 2.75) is 57.4 Å². The molecule has 1 heterocycles. The number of hydrogen-bond donors (Lipinski definition) is 1. The average Bonchev–Trinajstić information content (AvgIpc) is 3.06. The zero-order valence-electron chi connectivity index (χ0n) is 25.0. The molecular weight excluding hydrogens is 558 g/mol. The van der Waals surface area contributed by atoms with Gasteiger partial charge < -0.3 is 33.7 Å². The Morgan fingerprint density at radius 1 is 0.682 bits per heavy atom. The summed E-state index contributed by atoms with van der Waals surface area (Å²) in [5.41, 5.74) is 3.04. The van der Waals surface area contributed by atoms with E-state index < -0.39 is 30.6 Å². The van der Waals surface area contributed by atoms with Gasteiger partial charge in [-0.1, -0.05) is 91.0 Å². The lowest BCUT2D eigenvalue weighted by Gasteiger charge is -2.46. The number of rotatable bonds is 14. The van der Waals surface area contributed by atoms with E-state index in [0.717, 1.165) is 16.7 Å². The maximum absolute atomic E-state index is 12.5. The summed E-state index contributed by atoms with van der Waals surface area (Å²) in [6.45, 7) is 2.72. The number of hydrogen-bond acceptors (Lipinski definition) is 7. The van der Waals surface area contributed by atoms with Gasteiger partial charge in [0, 0.05) is 6.92 Å². The quantitative estimate of drug-likeness (QED) is 0.200. The van der Waals surface area contributed by atoms with Crippen LogP contribution in [-0.2, 0) is 43.6 Å². The van der Waals surface area contributed by atoms with Gasteiger partial charge in [-0.05, 0) is 41.0 Å². The highest BCUT2D eigenvalue weighted by Gasteiger charge is 2.49. The van der Waals surface area contributed by atoms with Crippen molar-refractivity contribution in [1.82, 2.24) is 5.32 Å². The van der Waals surface area contributed by atoms with Gasteiger partial charge in [-0.2, -0.15) is 0 Å². The summed E-state index contributed by atoms with van der Waals surface area (Å²) in [6.07, 6.45) is -2.70. The Balaban J connectivity index is 1.44. The minimum atomic E-state index is -0.894. The molecule has 1 saturated heterocycles. The van der Waals surface area contributed by atoms with Gasteiger partial charge in [-0.15, -0.1) is 0 Å². The van der Waals surface area contributed by atoms with Crippen LogP contribution in [0.15, 0.2) is 115 Å². The minimum absolute atomic E-state index is 0.217. The van der Waals surface area contributed by atoms with Crippen molar-refractivity contribution in [3.63, 3.8) is 0 Å². The third-order valence-corrected chi connectivity index (χ3v) is 7.29. The van der Waals surface area contributed by atoms with Crippen LogP contribution in [0.4, 0.5) is 0 Å². The van der Waals surface area contributed by atoms with E-state index in [1.54, 1.807) is 31.4 Å². The molecule has 1 unspecified atom stereocenters. The Morgan fingerprint density at radius 2 is 1.18 bits per heavy atom. The Hall–Kier alpha value is -4.21. The van der Waals surface area contributed by atoms with Crippen molar-refractivity contribution >= 4 is 5.91 Å². The summed E-state index contributed by atoms with van der Waals surface area (Å²) >= 11 is 0. The molecule has 44 heavy (non-hydrogen) atoms. The fraction of sp³-hybridized carbons (Fsp3) is 0.306. The molecule has 4 aromatic rings. The van der Waals surface area contributed by atoms with E-state index in [2.05, 4.69) is 5.32 Å². The highest BCUT2D eigenvalue weighted by molar-refractivity contribution is 5.73. The number of ether oxygens (including phenoxy) is 6. The number of methoxy groups -OCH3 is 1. The molecule has 0 saturated carbocycles. The lowest BCUT2D eigenvalue weighted by molar-refractivity contribution is -0.270. The van der Waals surface area contributed by atoms with Crippen LogP contribution in [0.25, 0.3) is 0 Å². The Morgan fingerprint density at radius 3 is 1.70 bits per heavy atom. The number of carbonyl (C=O) groups excluding carboxylic acids is 1. The third-order valence-electron chi connectivity index (χ3n) is 7.29. The summed E-state index contributed by atoms with van der Waals surface area (Å²) in [5.74, 6) is 1.02. The molecule has 1 amide bonds. The summed E-state index contributed by atoms with van der Waals surface area (Å²) in [4.78, 5) is 12.5. The molecule has 4 aromatic carbocycles. The summed E-state index contributed by atoms with van der Waals surface area (Å²) in [7, 11) is 1.61. The molecule has 8 nitrogen and oxygen atoms in total. The largest absolute Gasteiger partial charge is 0.497 e. The smallest absolute Gasteiger partial charge is 0.223 e. The molecule has 5 rings (SSSR count). The summed E-state index contributed by atoms with van der Waals surface area (Å²) in [6, 6.07) is 36.3. The first-order valence-corrected chi connectivity index (χ1v) is 14.7. The van der Waals surface area contributed by atoms with Crippen molar-refractivity contribution < 1.29 is 33.2 Å². The van der Waals surface area contributed by atoms with Gasteiger partial charge in [-0.25, -0.2) is 0 Å². The second-order valence-corrected chi connectivity index (χ2v) is 10.6. The molecule has 0 radical (unpaired) electrons. The highest BCUT2D eigenvalue weighted by Crippen LogP contribution is 2.31. The molecule has 1 aliphatic heterocycles. The van der Waals surface area contributed by atoms with Crippen LogP contribution in [0.2, 0.25) is 0 Å². The topological polar surface area (TPSA) is 84.5 Å². The number of benzene rings is 4. The van der Waals surface area contributed by atoms with Gasteiger partial charge in [0.25, 0.3) is 0 Å². The van der Waals surface area contributed by atoms with Crippen LogP contribution in [0.5, 0.6) is 11.5 Å². The van der Waals surface area contributed by atoms with Gasteiger partial charge in [0.2, 0.25) is 12.2 Å². The van der Waals surface area contributed by atoms with E-state index in [1.807, 2.05) is 91.0 Å². The van der Waals surface area contributed by atoms with Gasteiger partial charge in [0.05, 0.1) is 33.5 Å². The fourth-order valence-electron chi connectivity index (χ4n) is 5.11. The predicted octanol–water partition coefficient (Wildman–Crippen LogP) is 5.69. The Bertz CT molecular complexity index is 1400. The second-order valence-electron chi connectivity index (χ2n) is 10.6. The lowest BCUT2D eigenvalue weighted by atomic mass is 9.95. The number of amides is 1. The van der Waals surface area contributed by atoms with Gasteiger partial charge in [0.1, 0.15) is 35.9 Å².